The number of nitrogens with one attached hydrogen (secondary N) is 2. The average molecular weight is 426 g/mol. The van der Waals surface area contributed by atoms with Crippen LogP contribution in [0.15, 0.2) is 4.99 Å². The van der Waals surface area contributed by atoms with Crippen LogP contribution in [-0.4, -0.2) is 55.8 Å². The van der Waals surface area contributed by atoms with Crippen molar-refractivity contribution in [1.29, 1.82) is 0 Å². The number of rotatable bonds is 4. The van der Waals surface area contributed by atoms with E-state index in [0.717, 1.165) is 5.96 Å². The summed E-state index contributed by atoms with van der Waals surface area (Å²) in [7, 11) is 3.50. The van der Waals surface area contributed by atoms with Crippen molar-refractivity contribution in [2.24, 2.45) is 4.99 Å². The molecule has 2 N–H and O–H groups in total. The summed E-state index contributed by atoms with van der Waals surface area (Å²) in [6.07, 6.45) is 4.69. The second-order valence-electron chi connectivity index (χ2n) is 6.53. The van der Waals surface area contributed by atoms with E-state index in [-0.39, 0.29) is 30.1 Å². The number of aliphatic imine (C=N–C) groups is 1. The van der Waals surface area contributed by atoms with E-state index in [0.29, 0.717) is 19.1 Å². The van der Waals surface area contributed by atoms with Gasteiger partial charge in [0.25, 0.3) is 0 Å². The topological polar surface area (TPSA) is 66.0 Å². The van der Waals surface area contributed by atoms with Crippen LogP contribution in [-0.2, 0) is 4.74 Å². The molecule has 1 aliphatic carbocycles. The normalized spacial score (nSPS) is 16.0. The highest BCUT2D eigenvalue weighted by atomic mass is 127. The molecule has 1 rings (SSSR count). The largest absolute Gasteiger partial charge is 0.444 e. The van der Waals surface area contributed by atoms with E-state index in [9.17, 15) is 4.79 Å². The molecule has 0 unspecified atom stereocenters. The van der Waals surface area contributed by atoms with Crippen molar-refractivity contribution in [2.45, 2.75) is 58.1 Å². The van der Waals surface area contributed by atoms with E-state index >= 15 is 0 Å². The zero-order chi connectivity index (χ0) is 15.9. The lowest BCUT2D eigenvalue weighted by Gasteiger charge is -2.25. The van der Waals surface area contributed by atoms with Gasteiger partial charge in [0.1, 0.15) is 5.60 Å². The van der Waals surface area contributed by atoms with Crippen LogP contribution in [0.3, 0.4) is 0 Å². The third-order valence-corrected chi connectivity index (χ3v) is 3.36. The van der Waals surface area contributed by atoms with Gasteiger partial charge in [0.2, 0.25) is 0 Å². The van der Waals surface area contributed by atoms with Gasteiger partial charge in [-0.1, -0.05) is 12.8 Å². The molecule has 0 heterocycles. The van der Waals surface area contributed by atoms with Crippen LogP contribution in [0.25, 0.3) is 0 Å². The molecular formula is C15H31IN4O2. The number of guanidine groups is 1. The standard InChI is InChI=1S/C15H30N4O2.HI/c1-15(2,3)21-14(20)19(5)11-10-17-13(16-4)18-12-8-6-7-9-12;/h12H,6-11H2,1-5H3,(H2,16,17,18);1H. The maximum Gasteiger partial charge on any atom is 0.410 e. The molecule has 7 heteroatoms. The van der Waals surface area contributed by atoms with E-state index in [2.05, 4.69) is 15.6 Å². The molecule has 1 aliphatic rings. The van der Waals surface area contributed by atoms with E-state index in [1.807, 2.05) is 20.8 Å². The molecule has 6 nitrogen and oxygen atoms in total. The van der Waals surface area contributed by atoms with E-state index in [1.165, 1.54) is 25.7 Å². The molecule has 1 fully saturated rings. The second-order valence-corrected chi connectivity index (χ2v) is 6.53. The van der Waals surface area contributed by atoms with Crippen molar-refractivity contribution in [3.8, 4) is 0 Å². The number of likely N-dealkylation sites (N-methyl/N-ethyl adjacent to an activating group) is 1. The average Bonchev–Trinajstić information content (AvgIpc) is 2.88. The first-order valence-electron chi connectivity index (χ1n) is 7.73. The summed E-state index contributed by atoms with van der Waals surface area (Å²) in [4.78, 5) is 17.6. The maximum atomic E-state index is 11.8. The van der Waals surface area contributed by atoms with Crippen molar-refractivity contribution in [3.05, 3.63) is 0 Å². The molecular weight excluding hydrogens is 395 g/mol. The van der Waals surface area contributed by atoms with Gasteiger partial charge in [-0.25, -0.2) is 4.79 Å². The van der Waals surface area contributed by atoms with Gasteiger partial charge < -0.3 is 20.3 Å². The quantitative estimate of drug-likeness (QED) is 0.412. The molecule has 0 aliphatic heterocycles. The molecule has 22 heavy (non-hydrogen) atoms. The number of carbonyl (C=O) groups is 1. The van der Waals surface area contributed by atoms with Crippen LogP contribution < -0.4 is 10.6 Å². The zero-order valence-corrected chi connectivity index (χ0v) is 16.8. The van der Waals surface area contributed by atoms with Crippen molar-refractivity contribution in [2.75, 3.05) is 27.2 Å². The number of hydrogen-bond donors (Lipinski definition) is 2. The van der Waals surface area contributed by atoms with Gasteiger partial charge in [-0.2, -0.15) is 0 Å². The van der Waals surface area contributed by atoms with E-state index < -0.39 is 5.60 Å². The Morgan fingerprint density at radius 3 is 2.41 bits per heavy atom. The summed E-state index contributed by atoms with van der Waals surface area (Å²) >= 11 is 0. The predicted molar refractivity (Wildman–Crippen MR) is 101 cm³/mol. The Kier molecular flexibility index (Phi) is 9.79. The zero-order valence-electron chi connectivity index (χ0n) is 14.4. The summed E-state index contributed by atoms with van der Waals surface area (Å²) < 4.78 is 5.30. The molecule has 0 aromatic rings. The number of amides is 1. The number of carbonyl (C=O) groups excluding carboxylic acids is 1. The van der Waals surface area contributed by atoms with Crippen LogP contribution in [0, 0.1) is 0 Å². The SMILES string of the molecule is CN=C(NCCN(C)C(=O)OC(C)(C)C)NC1CCCC1.I. The molecule has 1 amide bonds. The highest BCUT2D eigenvalue weighted by molar-refractivity contribution is 14.0. The highest BCUT2D eigenvalue weighted by Crippen LogP contribution is 2.17. The van der Waals surface area contributed by atoms with E-state index in [1.54, 1.807) is 19.0 Å². The molecule has 0 spiro atoms. The van der Waals surface area contributed by atoms with Gasteiger partial charge in [0.05, 0.1) is 0 Å². The van der Waals surface area contributed by atoms with Crippen molar-refractivity contribution in [1.82, 2.24) is 15.5 Å². The Hall–Kier alpha value is -0.730. The van der Waals surface area contributed by atoms with Crippen LogP contribution >= 0.6 is 24.0 Å². The van der Waals surface area contributed by atoms with Gasteiger partial charge in [0, 0.05) is 33.2 Å². The lowest BCUT2D eigenvalue weighted by atomic mass is 10.2. The highest BCUT2D eigenvalue weighted by Gasteiger charge is 2.19. The Bertz CT molecular complexity index is 363. The lowest BCUT2D eigenvalue weighted by Crippen LogP contribution is -2.45. The molecule has 0 bridgehead atoms. The first-order chi connectivity index (χ1) is 9.81. The molecule has 0 radical (unpaired) electrons. The van der Waals surface area contributed by atoms with Crippen LogP contribution in [0.2, 0.25) is 0 Å². The Morgan fingerprint density at radius 2 is 1.91 bits per heavy atom. The van der Waals surface area contributed by atoms with Gasteiger partial charge in [-0.05, 0) is 33.6 Å². The fraction of sp³-hybridized carbons (Fsp3) is 0.867. The van der Waals surface area contributed by atoms with Gasteiger partial charge in [-0.3, -0.25) is 4.99 Å². The molecule has 0 aromatic heterocycles. The van der Waals surface area contributed by atoms with Crippen molar-refractivity contribution in [3.63, 3.8) is 0 Å². The van der Waals surface area contributed by atoms with Crippen molar-refractivity contribution < 1.29 is 9.53 Å². The third kappa shape index (κ3) is 8.65. The fourth-order valence-corrected chi connectivity index (χ4v) is 2.23. The molecule has 1 saturated carbocycles. The summed E-state index contributed by atoms with van der Waals surface area (Å²) in [6, 6.07) is 0.528. The first-order valence-corrected chi connectivity index (χ1v) is 7.73. The first kappa shape index (κ1) is 21.3. The molecule has 0 saturated heterocycles. The summed E-state index contributed by atoms with van der Waals surface area (Å²) in [6.45, 7) is 6.81. The van der Waals surface area contributed by atoms with Gasteiger partial charge >= 0.3 is 6.09 Å². The Labute approximate surface area is 151 Å². The van der Waals surface area contributed by atoms with Gasteiger partial charge in [-0.15, -0.1) is 24.0 Å². The Balaban J connectivity index is 0.00000441. The van der Waals surface area contributed by atoms with Crippen LogP contribution in [0.5, 0.6) is 0 Å². The summed E-state index contributed by atoms with van der Waals surface area (Å²) in [5.74, 6) is 0.805. The summed E-state index contributed by atoms with van der Waals surface area (Å²) in [5.41, 5.74) is -0.459. The molecule has 130 valence electrons. The smallest absolute Gasteiger partial charge is 0.410 e. The minimum Gasteiger partial charge on any atom is -0.444 e. The minimum atomic E-state index is -0.459. The fourth-order valence-electron chi connectivity index (χ4n) is 2.23. The lowest BCUT2D eigenvalue weighted by molar-refractivity contribution is 0.0302. The number of nitrogens with zero attached hydrogens (tertiary/aromatic N) is 2. The van der Waals surface area contributed by atoms with Gasteiger partial charge in [0.15, 0.2) is 5.96 Å². The predicted octanol–water partition coefficient (Wildman–Crippen LogP) is 2.58. The summed E-state index contributed by atoms with van der Waals surface area (Å²) in [5, 5.41) is 6.65. The number of ether oxygens (including phenoxy) is 1. The number of hydrogen-bond acceptors (Lipinski definition) is 3. The van der Waals surface area contributed by atoms with Crippen LogP contribution in [0.4, 0.5) is 4.79 Å². The second kappa shape index (κ2) is 10.1. The molecule has 0 atom stereocenters. The minimum absolute atomic E-state index is 0. The third-order valence-electron chi connectivity index (χ3n) is 3.36. The van der Waals surface area contributed by atoms with E-state index in [4.69, 9.17) is 4.74 Å². The van der Waals surface area contributed by atoms with Crippen molar-refractivity contribution >= 4 is 36.0 Å². The Morgan fingerprint density at radius 1 is 1.32 bits per heavy atom. The molecule has 0 aromatic carbocycles. The van der Waals surface area contributed by atoms with Crippen LogP contribution in [0.1, 0.15) is 46.5 Å². The monoisotopic (exact) mass is 426 g/mol. The number of halogens is 1. The maximum absolute atomic E-state index is 11.8.